The van der Waals surface area contributed by atoms with E-state index >= 15 is 0 Å². The molecule has 0 aromatic heterocycles. The lowest BCUT2D eigenvalue weighted by Gasteiger charge is -2.05. The summed E-state index contributed by atoms with van der Waals surface area (Å²) in [7, 11) is -1.64. The summed E-state index contributed by atoms with van der Waals surface area (Å²) in [5.74, 6) is 0. The van der Waals surface area contributed by atoms with Gasteiger partial charge in [0.1, 0.15) is 0 Å². The first-order chi connectivity index (χ1) is 5.25. The van der Waals surface area contributed by atoms with Crippen molar-refractivity contribution in [1.82, 2.24) is 0 Å². The van der Waals surface area contributed by atoms with E-state index in [1.807, 2.05) is 18.2 Å². The predicted octanol–water partition coefficient (Wildman–Crippen LogP) is 2.15. The van der Waals surface area contributed by atoms with Crippen molar-refractivity contribution in [2.75, 3.05) is 0 Å². The fraction of sp³-hybridized carbons (Fsp3) is 0.250. The molecule has 1 aromatic rings. The molecule has 0 spiro atoms. The van der Waals surface area contributed by atoms with Gasteiger partial charge in [-0.25, -0.2) is 0 Å². The van der Waals surface area contributed by atoms with Crippen LogP contribution in [0.3, 0.4) is 0 Å². The molecule has 0 unspecified atom stereocenters. The maximum atomic E-state index is 5.89. The lowest BCUT2D eigenvalue weighted by atomic mass is 10.2. The Kier molecular flexibility index (Phi) is 3.43. The van der Waals surface area contributed by atoms with Crippen molar-refractivity contribution in [3.05, 3.63) is 29.8 Å². The van der Waals surface area contributed by atoms with Gasteiger partial charge in [-0.3, -0.25) is 0 Å². The van der Waals surface area contributed by atoms with Crippen LogP contribution in [0.25, 0.3) is 0 Å². The number of hydrogen-bond acceptors (Lipinski definition) is 0. The van der Waals surface area contributed by atoms with Gasteiger partial charge < -0.3 is 0 Å². The van der Waals surface area contributed by atoms with E-state index in [0.29, 0.717) is 0 Å². The van der Waals surface area contributed by atoms with E-state index in [1.54, 1.807) is 0 Å². The van der Waals surface area contributed by atoms with Crippen molar-refractivity contribution < 1.29 is 0 Å². The molecule has 0 saturated heterocycles. The van der Waals surface area contributed by atoms with Crippen LogP contribution in [-0.2, 0) is 6.42 Å². The zero-order valence-corrected chi connectivity index (χ0v) is 9.02. The molecule has 60 valence electrons. The molecule has 0 bridgehead atoms. The molecule has 3 heteroatoms. The van der Waals surface area contributed by atoms with E-state index in [0.717, 1.165) is 6.42 Å². The molecule has 0 aliphatic carbocycles. The van der Waals surface area contributed by atoms with E-state index in [1.165, 1.54) is 10.8 Å². The summed E-state index contributed by atoms with van der Waals surface area (Å²) in [5, 5.41) is 1.17. The zero-order chi connectivity index (χ0) is 8.27. The highest BCUT2D eigenvalue weighted by Crippen LogP contribution is 2.04. The van der Waals surface area contributed by atoms with Crippen LogP contribution in [0.2, 0.25) is 0 Å². The summed E-state index contributed by atoms with van der Waals surface area (Å²) in [6.07, 6.45) is 1.01. The Morgan fingerprint density at radius 3 is 2.36 bits per heavy atom. The summed E-state index contributed by atoms with van der Waals surface area (Å²) >= 11 is 11.8. The average Bonchev–Trinajstić information content (AvgIpc) is 2.04. The van der Waals surface area contributed by atoms with Crippen LogP contribution in [0.15, 0.2) is 24.3 Å². The Bertz CT molecular complexity index is 235. The van der Waals surface area contributed by atoms with Crippen LogP contribution in [0.1, 0.15) is 12.5 Å². The fourth-order valence-electron chi connectivity index (χ4n) is 1.07. The van der Waals surface area contributed by atoms with E-state index in [9.17, 15) is 0 Å². The van der Waals surface area contributed by atoms with Crippen molar-refractivity contribution in [2.45, 2.75) is 13.3 Å². The Balaban J connectivity index is 3.02. The first-order valence-electron chi connectivity index (χ1n) is 3.61. The second-order valence-electron chi connectivity index (χ2n) is 2.35. The highest BCUT2D eigenvalue weighted by atomic mass is 35.7. The molecular formula is C8H10Cl2Si. The summed E-state index contributed by atoms with van der Waals surface area (Å²) in [6.45, 7) is 2.11. The topological polar surface area (TPSA) is 0 Å². The summed E-state index contributed by atoms with van der Waals surface area (Å²) < 4.78 is 0. The van der Waals surface area contributed by atoms with Gasteiger partial charge in [-0.2, -0.15) is 0 Å². The van der Waals surface area contributed by atoms with Crippen molar-refractivity contribution in [1.29, 1.82) is 0 Å². The van der Waals surface area contributed by atoms with Crippen molar-refractivity contribution in [2.24, 2.45) is 0 Å². The van der Waals surface area contributed by atoms with Crippen LogP contribution < -0.4 is 5.19 Å². The number of hydrogen-bond donors (Lipinski definition) is 0. The van der Waals surface area contributed by atoms with E-state index in [-0.39, 0.29) is 0 Å². The van der Waals surface area contributed by atoms with Gasteiger partial charge in [-0.1, -0.05) is 31.2 Å². The Labute approximate surface area is 78.2 Å². The van der Waals surface area contributed by atoms with Gasteiger partial charge in [-0.15, -0.1) is 22.2 Å². The van der Waals surface area contributed by atoms with Gasteiger partial charge in [0.05, 0.1) is 0 Å². The third-order valence-electron chi connectivity index (χ3n) is 1.67. The van der Waals surface area contributed by atoms with Gasteiger partial charge >= 0.3 is 0 Å². The standard InChI is InChI=1S/C8H10Cl2Si/c1-2-7-5-3-4-6-8(7)11(9)10/h3-6,11H,2H2,1H3. The highest BCUT2D eigenvalue weighted by molar-refractivity contribution is 7.39. The molecule has 0 nitrogen and oxygen atoms in total. The summed E-state index contributed by atoms with van der Waals surface area (Å²) in [6, 6.07) is 8.11. The molecule has 11 heavy (non-hydrogen) atoms. The minimum absolute atomic E-state index is 1.01. The van der Waals surface area contributed by atoms with Crippen molar-refractivity contribution in [3.8, 4) is 0 Å². The molecule has 0 fully saturated rings. The Morgan fingerprint density at radius 2 is 1.91 bits per heavy atom. The molecular weight excluding hydrogens is 195 g/mol. The largest absolute Gasteiger partial charge is 0.266 e. The molecule has 0 aliphatic rings. The first-order valence-corrected chi connectivity index (χ1v) is 7.68. The van der Waals surface area contributed by atoms with Crippen molar-refractivity contribution in [3.63, 3.8) is 0 Å². The Hall–Kier alpha value is 0.0169. The summed E-state index contributed by atoms with van der Waals surface area (Å²) in [5.41, 5.74) is 1.29. The van der Waals surface area contributed by atoms with Gasteiger partial charge in [0, 0.05) is 0 Å². The average molecular weight is 205 g/mol. The Morgan fingerprint density at radius 1 is 1.27 bits per heavy atom. The maximum absolute atomic E-state index is 5.89. The van der Waals surface area contributed by atoms with E-state index in [4.69, 9.17) is 22.2 Å². The fourth-order valence-corrected chi connectivity index (χ4v) is 3.18. The lowest BCUT2D eigenvalue weighted by Crippen LogP contribution is -2.22. The maximum Gasteiger partial charge on any atom is 0.266 e. The zero-order valence-electron chi connectivity index (χ0n) is 6.35. The van der Waals surface area contributed by atoms with E-state index < -0.39 is 7.42 Å². The quantitative estimate of drug-likeness (QED) is 0.512. The minimum Gasteiger partial charge on any atom is -0.144 e. The normalized spacial score (nSPS) is 10.5. The van der Waals surface area contributed by atoms with Gasteiger partial charge in [-0.05, 0) is 17.2 Å². The molecule has 0 aliphatic heterocycles. The predicted molar refractivity (Wildman–Crippen MR) is 54.3 cm³/mol. The monoisotopic (exact) mass is 204 g/mol. The second-order valence-corrected chi connectivity index (χ2v) is 6.87. The van der Waals surface area contributed by atoms with Gasteiger partial charge in [0.15, 0.2) is 0 Å². The van der Waals surface area contributed by atoms with Crippen LogP contribution in [0.5, 0.6) is 0 Å². The van der Waals surface area contributed by atoms with Crippen LogP contribution in [0, 0.1) is 0 Å². The lowest BCUT2D eigenvalue weighted by molar-refractivity contribution is 1.15. The molecule has 0 saturated carbocycles. The third-order valence-corrected chi connectivity index (χ3v) is 4.12. The second kappa shape index (κ2) is 4.15. The number of halogens is 2. The van der Waals surface area contributed by atoms with Crippen LogP contribution >= 0.6 is 22.2 Å². The smallest absolute Gasteiger partial charge is 0.144 e. The van der Waals surface area contributed by atoms with Crippen molar-refractivity contribution >= 4 is 34.8 Å². The minimum atomic E-state index is -1.64. The SMILES string of the molecule is CCc1ccccc1[SiH](Cl)Cl. The summed E-state index contributed by atoms with van der Waals surface area (Å²) in [4.78, 5) is 0. The van der Waals surface area contributed by atoms with Crippen LogP contribution in [0.4, 0.5) is 0 Å². The molecule has 1 rings (SSSR count). The van der Waals surface area contributed by atoms with Gasteiger partial charge in [0.25, 0.3) is 7.42 Å². The molecule has 0 radical (unpaired) electrons. The molecule has 0 N–H and O–H groups in total. The van der Waals surface area contributed by atoms with Gasteiger partial charge in [0.2, 0.25) is 0 Å². The molecule has 0 heterocycles. The number of rotatable bonds is 2. The van der Waals surface area contributed by atoms with Crippen LogP contribution in [-0.4, -0.2) is 7.42 Å². The number of aryl methyl sites for hydroxylation is 1. The van der Waals surface area contributed by atoms with E-state index in [2.05, 4.69) is 13.0 Å². The number of benzene rings is 1. The molecule has 0 atom stereocenters. The highest BCUT2D eigenvalue weighted by Gasteiger charge is 2.08. The molecule has 1 aromatic carbocycles. The molecule has 0 amide bonds. The third kappa shape index (κ3) is 2.22. The first kappa shape index (κ1) is 9.11.